The molecule has 0 heterocycles. The summed E-state index contributed by atoms with van der Waals surface area (Å²) in [6, 6.07) is -0.434. The maximum atomic E-state index is 11.3. The van der Waals surface area contributed by atoms with Crippen LogP contribution in [0.1, 0.15) is 20.3 Å². The Balaban J connectivity index is 4.08. The summed E-state index contributed by atoms with van der Waals surface area (Å²) in [4.78, 5) is 22.2. The monoisotopic (exact) mass is 234 g/mol. The molecule has 0 radical (unpaired) electrons. The van der Waals surface area contributed by atoms with Gasteiger partial charge >= 0.3 is 12.0 Å². The van der Waals surface area contributed by atoms with E-state index in [-0.39, 0.29) is 0 Å². The molecule has 1 unspecified atom stereocenters. The Morgan fingerprint density at radius 1 is 1.47 bits per heavy atom. The molecule has 0 aliphatic rings. The van der Waals surface area contributed by atoms with Crippen LogP contribution in [0.2, 0.25) is 0 Å². The molecule has 0 aromatic heterocycles. The molecule has 0 aliphatic carbocycles. The van der Waals surface area contributed by atoms with Crippen LogP contribution in [0.15, 0.2) is 0 Å². The lowest BCUT2D eigenvalue weighted by Gasteiger charge is -2.24. The Labute approximate surface area is 94.0 Å². The minimum atomic E-state index is -1.19. The zero-order valence-corrected chi connectivity index (χ0v) is 10.1. The van der Waals surface area contributed by atoms with Gasteiger partial charge in [-0.05, 0) is 19.6 Å². The molecule has 0 aromatic rings. The highest BCUT2D eigenvalue weighted by molar-refractivity contribution is 7.98. The lowest BCUT2D eigenvalue weighted by Crippen LogP contribution is -2.55. The third-order valence-electron chi connectivity index (χ3n) is 2.16. The second-order valence-corrected chi connectivity index (χ2v) is 4.35. The summed E-state index contributed by atoms with van der Waals surface area (Å²) in [5.74, 6) is -0.214. The molecule has 15 heavy (non-hydrogen) atoms. The van der Waals surface area contributed by atoms with E-state index in [4.69, 9.17) is 5.11 Å². The number of carbonyl (C=O) groups excluding carboxylic acids is 1. The van der Waals surface area contributed by atoms with Crippen LogP contribution in [-0.4, -0.2) is 41.2 Å². The Kier molecular flexibility index (Phi) is 6.15. The molecule has 0 fully saturated rings. The minimum absolute atomic E-state index is 0.346. The summed E-state index contributed by atoms with van der Waals surface area (Å²) in [5, 5.41) is 13.9. The van der Waals surface area contributed by atoms with Crippen LogP contribution in [0.4, 0.5) is 4.79 Å². The first kappa shape index (κ1) is 14.1. The van der Waals surface area contributed by atoms with E-state index in [1.165, 1.54) is 6.92 Å². The second-order valence-electron chi connectivity index (χ2n) is 3.36. The van der Waals surface area contributed by atoms with Crippen LogP contribution in [0.25, 0.3) is 0 Å². The first-order valence-corrected chi connectivity index (χ1v) is 6.14. The Morgan fingerprint density at radius 3 is 2.47 bits per heavy atom. The molecule has 3 N–H and O–H groups in total. The predicted molar refractivity (Wildman–Crippen MR) is 61.2 cm³/mol. The zero-order chi connectivity index (χ0) is 11.9. The van der Waals surface area contributed by atoms with E-state index in [0.717, 1.165) is 5.75 Å². The van der Waals surface area contributed by atoms with Gasteiger partial charge in [0.05, 0.1) is 0 Å². The van der Waals surface area contributed by atoms with Crippen molar-refractivity contribution >= 4 is 23.8 Å². The third-order valence-corrected chi connectivity index (χ3v) is 2.77. The predicted octanol–water partition coefficient (Wildman–Crippen LogP) is 0.902. The molecule has 0 aromatic carbocycles. The van der Waals surface area contributed by atoms with Gasteiger partial charge < -0.3 is 15.7 Å². The van der Waals surface area contributed by atoms with Gasteiger partial charge in [-0.15, -0.1) is 0 Å². The van der Waals surface area contributed by atoms with Gasteiger partial charge in [-0.25, -0.2) is 9.59 Å². The molecule has 2 amide bonds. The van der Waals surface area contributed by atoms with Crippen molar-refractivity contribution in [2.75, 3.05) is 18.6 Å². The normalized spacial score (nSPS) is 14.1. The van der Waals surface area contributed by atoms with E-state index in [0.29, 0.717) is 13.0 Å². The number of carbonyl (C=O) groups is 2. The topological polar surface area (TPSA) is 78.4 Å². The lowest BCUT2D eigenvalue weighted by atomic mass is 10.00. The molecule has 1 atom stereocenters. The van der Waals surface area contributed by atoms with Gasteiger partial charge in [-0.1, -0.05) is 6.92 Å². The Bertz CT molecular complexity index is 235. The lowest BCUT2D eigenvalue weighted by molar-refractivity contribution is -0.143. The van der Waals surface area contributed by atoms with Gasteiger partial charge in [0.25, 0.3) is 0 Å². The molecule has 0 aliphatic heterocycles. The number of carboxylic acids is 1. The number of nitrogens with one attached hydrogen (secondary N) is 2. The fraction of sp³-hybridized carbons (Fsp3) is 0.778. The molecule has 5 nitrogen and oxygen atoms in total. The summed E-state index contributed by atoms with van der Waals surface area (Å²) in [6.07, 6.45) is 2.28. The van der Waals surface area contributed by atoms with E-state index in [1.807, 2.05) is 6.26 Å². The van der Waals surface area contributed by atoms with Crippen molar-refractivity contribution in [3.63, 3.8) is 0 Å². The summed E-state index contributed by atoms with van der Waals surface area (Å²) >= 11 is 1.61. The maximum absolute atomic E-state index is 11.3. The van der Waals surface area contributed by atoms with Crippen molar-refractivity contribution in [1.29, 1.82) is 0 Å². The van der Waals surface area contributed by atoms with Crippen molar-refractivity contribution in [3.8, 4) is 0 Å². The maximum Gasteiger partial charge on any atom is 0.329 e. The van der Waals surface area contributed by atoms with Crippen LogP contribution in [0, 0.1) is 0 Å². The fourth-order valence-electron chi connectivity index (χ4n) is 0.854. The molecule has 88 valence electrons. The number of rotatable bonds is 6. The van der Waals surface area contributed by atoms with Crippen molar-refractivity contribution in [3.05, 3.63) is 0 Å². The number of thioether (sulfide) groups is 1. The third kappa shape index (κ3) is 4.92. The molecule has 0 saturated carbocycles. The van der Waals surface area contributed by atoms with Crippen LogP contribution < -0.4 is 10.6 Å². The fourth-order valence-corrected chi connectivity index (χ4v) is 1.16. The average Bonchev–Trinajstić information content (AvgIpc) is 2.17. The highest BCUT2D eigenvalue weighted by atomic mass is 32.2. The smallest absolute Gasteiger partial charge is 0.329 e. The number of urea groups is 1. The molecule has 0 spiro atoms. The number of amides is 2. The van der Waals surface area contributed by atoms with Crippen molar-refractivity contribution < 1.29 is 14.7 Å². The minimum Gasteiger partial charge on any atom is -0.480 e. The van der Waals surface area contributed by atoms with Gasteiger partial charge in [0.15, 0.2) is 0 Å². The van der Waals surface area contributed by atoms with Crippen molar-refractivity contribution in [2.24, 2.45) is 0 Å². The average molecular weight is 234 g/mol. The largest absolute Gasteiger partial charge is 0.480 e. The summed E-state index contributed by atoms with van der Waals surface area (Å²) in [5.41, 5.74) is -1.19. The van der Waals surface area contributed by atoms with Crippen LogP contribution in [0.5, 0.6) is 0 Å². The second kappa shape index (κ2) is 6.55. The van der Waals surface area contributed by atoms with Crippen LogP contribution >= 0.6 is 11.8 Å². The quantitative estimate of drug-likeness (QED) is 0.597. The molecular weight excluding hydrogens is 216 g/mol. The van der Waals surface area contributed by atoms with Gasteiger partial charge in [0.2, 0.25) is 0 Å². The molecule has 0 rings (SSSR count). The van der Waals surface area contributed by atoms with Crippen LogP contribution in [0.3, 0.4) is 0 Å². The van der Waals surface area contributed by atoms with E-state index < -0.39 is 17.5 Å². The van der Waals surface area contributed by atoms with Crippen LogP contribution in [-0.2, 0) is 4.79 Å². The van der Waals surface area contributed by atoms with E-state index in [2.05, 4.69) is 10.6 Å². The molecule has 0 bridgehead atoms. The first-order valence-electron chi connectivity index (χ1n) is 4.74. The molecular formula is C9H18N2O3S. The van der Waals surface area contributed by atoms with Crippen molar-refractivity contribution in [2.45, 2.75) is 25.8 Å². The standard InChI is InChI=1S/C9H18N2O3S/c1-4-9(2,7(12)13)11-8(14)10-5-6-15-3/h4-6H2,1-3H3,(H,12,13)(H2,10,11,14). The first-order chi connectivity index (χ1) is 6.96. The van der Waals surface area contributed by atoms with E-state index >= 15 is 0 Å². The highest BCUT2D eigenvalue weighted by Crippen LogP contribution is 2.08. The Morgan fingerprint density at radius 2 is 2.07 bits per heavy atom. The number of hydrogen-bond donors (Lipinski definition) is 3. The van der Waals surface area contributed by atoms with Crippen molar-refractivity contribution in [1.82, 2.24) is 10.6 Å². The van der Waals surface area contributed by atoms with Gasteiger partial charge in [0, 0.05) is 12.3 Å². The number of aliphatic carboxylic acids is 1. The summed E-state index contributed by atoms with van der Waals surface area (Å²) < 4.78 is 0. The SMILES string of the molecule is CCC(C)(NC(=O)NCCSC)C(=O)O. The number of carboxylic acid groups (broad SMARTS) is 1. The van der Waals surface area contributed by atoms with Gasteiger partial charge in [-0.2, -0.15) is 11.8 Å². The Hall–Kier alpha value is -0.910. The molecule has 0 saturated heterocycles. The summed E-state index contributed by atoms with van der Waals surface area (Å²) in [6.45, 7) is 3.74. The zero-order valence-electron chi connectivity index (χ0n) is 9.29. The van der Waals surface area contributed by atoms with Gasteiger partial charge in [0.1, 0.15) is 5.54 Å². The molecule has 6 heteroatoms. The van der Waals surface area contributed by atoms with E-state index in [9.17, 15) is 9.59 Å². The summed E-state index contributed by atoms with van der Waals surface area (Å²) in [7, 11) is 0. The van der Waals surface area contributed by atoms with E-state index in [1.54, 1.807) is 18.7 Å². The highest BCUT2D eigenvalue weighted by Gasteiger charge is 2.32. The number of hydrogen-bond acceptors (Lipinski definition) is 3. The van der Waals surface area contributed by atoms with Gasteiger partial charge in [-0.3, -0.25) is 0 Å².